The van der Waals surface area contributed by atoms with Crippen molar-refractivity contribution in [2.45, 2.75) is 13.0 Å². The second kappa shape index (κ2) is 4.23. The van der Waals surface area contributed by atoms with Crippen LogP contribution in [0, 0.1) is 5.92 Å². The average Bonchev–Trinajstić information content (AvgIpc) is 2.60. The summed E-state index contributed by atoms with van der Waals surface area (Å²) in [7, 11) is 0. The van der Waals surface area contributed by atoms with Gasteiger partial charge in [0.05, 0.1) is 6.54 Å². The summed E-state index contributed by atoms with van der Waals surface area (Å²) in [6.45, 7) is 2.37. The lowest BCUT2D eigenvalue weighted by Crippen LogP contribution is -2.44. The second-order valence-electron chi connectivity index (χ2n) is 3.50. The molecule has 2 N–H and O–H groups in total. The molecule has 2 rings (SSSR count). The summed E-state index contributed by atoms with van der Waals surface area (Å²) in [6.07, 6.45) is 2.10. The SMILES string of the molecule is O=C(CC1CNC1)NCc1ccon1. The van der Waals surface area contributed by atoms with Gasteiger partial charge < -0.3 is 15.2 Å². The first-order valence-corrected chi connectivity index (χ1v) is 4.71. The first-order valence-electron chi connectivity index (χ1n) is 4.71. The van der Waals surface area contributed by atoms with Gasteiger partial charge in [0, 0.05) is 12.5 Å². The van der Waals surface area contributed by atoms with Crippen LogP contribution >= 0.6 is 0 Å². The standard InChI is InChI=1S/C9H13N3O2/c13-9(3-7-4-10-5-7)11-6-8-1-2-14-12-8/h1-2,7,10H,3-6H2,(H,11,13). The molecule has 5 heteroatoms. The van der Waals surface area contributed by atoms with E-state index < -0.39 is 0 Å². The molecule has 0 aromatic carbocycles. The van der Waals surface area contributed by atoms with E-state index in [1.54, 1.807) is 6.07 Å². The van der Waals surface area contributed by atoms with Gasteiger partial charge in [0.2, 0.25) is 5.91 Å². The molecule has 14 heavy (non-hydrogen) atoms. The minimum atomic E-state index is 0.0829. The Bertz CT molecular complexity index is 293. The van der Waals surface area contributed by atoms with Crippen LogP contribution < -0.4 is 10.6 Å². The normalized spacial score (nSPS) is 16.3. The molecular formula is C9H13N3O2. The highest BCUT2D eigenvalue weighted by Crippen LogP contribution is 2.07. The van der Waals surface area contributed by atoms with Crippen LogP contribution in [0.15, 0.2) is 16.9 Å². The fourth-order valence-electron chi connectivity index (χ4n) is 1.35. The Labute approximate surface area is 81.8 Å². The van der Waals surface area contributed by atoms with E-state index in [2.05, 4.69) is 20.3 Å². The maximum atomic E-state index is 11.3. The number of hydrogen-bond acceptors (Lipinski definition) is 4. The van der Waals surface area contributed by atoms with Gasteiger partial charge in [-0.15, -0.1) is 0 Å². The van der Waals surface area contributed by atoms with Crippen LogP contribution in [0.5, 0.6) is 0 Å². The Balaban J connectivity index is 1.67. The molecule has 1 aliphatic rings. The summed E-state index contributed by atoms with van der Waals surface area (Å²) in [6, 6.07) is 1.74. The van der Waals surface area contributed by atoms with Gasteiger partial charge in [-0.3, -0.25) is 4.79 Å². The first-order chi connectivity index (χ1) is 6.84. The third-order valence-corrected chi connectivity index (χ3v) is 2.30. The minimum Gasteiger partial charge on any atom is -0.364 e. The third kappa shape index (κ3) is 2.32. The molecule has 0 unspecified atom stereocenters. The molecule has 1 fully saturated rings. The van der Waals surface area contributed by atoms with Crippen molar-refractivity contribution in [1.29, 1.82) is 0 Å². The van der Waals surface area contributed by atoms with Gasteiger partial charge in [-0.25, -0.2) is 0 Å². The van der Waals surface area contributed by atoms with E-state index in [4.69, 9.17) is 0 Å². The molecule has 76 valence electrons. The quantitative estimate of drug-likeness (QED) is 0.704. The van der Waals surface area contributed by atoms with Crippen molar-refractivity contribution in [3.05, 3.63) is 18.0 Å². The smallest absolute Gasteiger partial charge is 0.220 e. The Morgan fingerprint density at radius 1 is 1.71 bits per heavy atom. The van der Waals surface area contributed by atoms with E-state index >= 15 is 0 Å². The van der Waals surface area contributed by atoms with Crippen molar-refractivity contribution in [1.82, 2.24) is 15.8 Å². The highest BCUT2D eigenvalue weighted by molar-refractivity contribution is 5.76. The number of nitrogens with zero attached hydrogens (tertiary/aromatic N) is 1. The van der Waals surface area contributed by atoms with Crippen LogP contribution in [0.4, 0.5) is 0 Å². The van der Waals surface area contributed by atoms with E-state index in [0.717, 1.165) is 18.8 Å². The van der Waals surface area contributed by atoms with Gasteiger partial charge in [0.15, 0.2) is 0 Å². The van der Waals surface area contributed by atoms with Crippen molar-refractivity contribution in [3.63, 3.8) is 0 Å². The lowest BCUT2D eigenvalue weighted by atomic mass is 9.99. The fraction of sp³-hybridized carbons (Fsp3) is 0.556. The maximum absolute atomic E-state index is 11.3. The number of amides is 1. The third-order valence-electron chi connectivity index (χ3n) is 2.30. The maximum Gasteiger partial charge on any atom is 0.220 e. The van der Waals surface area contributed by atoms with E-state index in [1.165, 1.54) is 6.26 Å². The van der Waals surface area contributed by atoms with E-state index in [-0.39, 0.29) is 5.91 Å². The summed E-state index contributed by atoms with van der Waals surface area (Å²) in [5.41, 5.74) is 0.755. The molecule has 1 aliphatic heterocycles. The molecule has 1 amide bonds. The monoisotopic (exact) mass is 195 g/mol. The number of rotatable bonds is 4. The molecule has 0 saturated carbocycles. The van der Waals surface area contributed by atoms with Crippen molar-refractivity contribution in [3.8, 4) is 0 Å². The number of carbonyl (C=O) groups is 1. The summed E-state index contributed by atoms with van der Waals surface area (Å²) in [5.74, 6) is 0.590. The van der Waals surface area contributed by atoms with Crippen molar-refractivity contribution < 1.29 is 9.32 Å². The molecule has 0 radical (unpaired) electrons. The summed E-state index contributed by atoms with van der Waals surface area (Å²) in [4.78, 5) is 11.3. The number of aromatic nitrogens is 1. The lowest BCUT2D eigenvalue weighted by molar-refractivity contribution is -0.122. The van der Waals surface area contributed by atoms with E-state index in [9.17, 15) is 4.79 Å². The number of nitrogens with one attached hydrogen (secondary N) is 2. The van der Waals surface area contributed by atoms with Gasteiger partial charge in [-0.1, -0.05) is 5.16 Å². The van der Waals surface area contributed by atoms with Gasteiger partial charge in [-0.05, 0) is 19.0 Å². The van der Waals surface area contributed by atoms with E-state index in [0.29, 0.717) is 18.9 Å². The molecule has 0 spiro atoms. The topological polar surface area (TPSA) is 67.2 Å². The molecule has 1 aromatic rings. The summed E-state index contributed by atoms with van der Waals surface area (Å²) in [5, 5.41) is 9.62. The molecule has 0 aliphatic carbocycles. The molecule has 5 nitrogen and oxygen atoms in total. The van der Waals surface area contributed by atoms with Crippen LogP contribution in [0.1, 0.15) is 12.1 Å². The molecule has 0 bridgehead atoms. The number of hydrogen-bond donors (Lipinski definition) is 2. The first kappa shape index (κ1) is 9.21. The van der Waals surface area contributed by atoms with Gasteiger partial charge in [0.1, 0.15) is 12.0 Å². The Morgan fingerprint density at radius 3 is 3.14 bits per heavy atom. The zero-order valence-corrected chi connectivity index (χ0v) is 7.82. The lowest BCUT2D eigenvalue weighted by Gasteiger charge is -2.26. The highest BCUT2D eigenvalue weighted by Gasteiger charge is 2.19. The van der Waals surface area contributed by atoms with Crippen molar-refractivity contribution in [2.24, 2.45) is 5.92 Å². The zero-order valence-electron chi connectivity index (χ0n) is 7.82. The van der Waals surface area contributed by atoms with Crippen LogP contribution in [-0.2, 0) is 11.3 Å². The second-order valence-corrected chi connectivity index (χ2v) is 3.50. The summed E-state index contributed by atoms with van der Waals surface area (Å²) < 4.78 is 4.65. The van der Waals surface area contributed by atoms with Gasteiger partial charge >= 0.3 is 0 Å². The summed E-state index contributed by atoms with van der Waals surface area (Å²) >= 11 is 0. The highest BCUT2D eigenvalue weighted by atomic mass is 16.5. The number of carbonyl (C=O) groups excluding carboxylic acids is 1. The van der Waals surface area contributed by atoms with Crippen LogP contribution in [-0.4, -0.2) is 24.2 Å². The predicted molar refractivity (Wildman–Crippen MR) is 49.3 cm³/mol. The van der Waals surface area contributed by atoms with E-state index in [1.807, 2.05) is 0 Å². The molecule has 1 aromatic heterocycles. The van der Waals surface area contributed by atoms with Crippen molar-refractivity contribution >= 4 is 5.91 Å². The molecular weight excluding hydrogens is 182 g/mol. The predicted octanol–water partition coefficient (Wildman–Crippen LogP) is -0.0997. The molecule has 1 saturated heterocycles. The fourth-order valence-corrected chi connectivity index (χ4v) is 1.35. The average molecular weight is 195 g/mol. The Kier molecular flexibility index (Phi) is 2.78. The minimum absolute atomic E-state index is 0.0829. The Morgan fingerprint density at radius 2 is 2.57 bits per heavy atom. The zero-order chi connectivity index (χ0) is 9.80. The van der Waals surface area contributed by atoms with Crippen LogP contribution in [0.2, 0.25) is 0 Å². The van der Waals surface area contributed by atoms with Gasteiger partial charge in [-0.2, -0.15) is 0 Å². The van der Waals surface area contributed by atoms with Crippen LogP contribution in [0.3, 0.4) is 0 Å². The van der Waals surface area contributed by atoms with Crippen LogP contribution in [0.25, 0.3) is 0 Å². The molecule has 2 heterocycles. The Hall–Kier alpha value is -1.36. The molecule has 0 atom stereocenters. The largest absolute Gasteiger partial charge is 0.364 e. The van der Waals surface area contributed by atoms with Gasteiger partial charge in [0.25, 0.3) is 0 Å². The van der Waals surface area contributed by atoms with Crippen molar-refractivity contribution in [2.75, 3.05) is 13.1 Å².